The van der Waals surface area contributed by atoms with E-state index in [9.17, 15) is 9.59 Å². The molecule has 2 rings (SSSR count). The van der Waals surface area contributed by atoms with Gasteiger partial charge in [-0.2, -0.15) is 0 Å². The maximum atomic E-state index is 11.7. The lowest BCUT2D eigenvalue weighted by molar-refractivity contribution is -0.123. The van der Waals surface area contributed by atoms with Crippen molar-refractivity contribution < 1.29 is 14.3 Å². The third-order valence-corrected chi connectivity index (χ3v) is 4.10. The van der Waals surface area contributed by atoms with E-state index in [0.29, 0.717) is 22.4 Å². The van der Waals surface area contributed by atoms with Gasteiger partial charge in [-0.05, 0) is 54.3 Å². The molecule has 3 amide bonds. The van der Waals surface area contributed by atoms with Gasteiger partial charge in [0, 0.05) is 10.7 Å². The summed E-state index contributed by atoms with van der Waals surface area (Å²) in [4.78, 5) is 23.4. The smallest absolute Gasteiger partial charge is 0.337 e. The zero-order valence-electron chi connectivity index (χ0n) is 14.7. The highest BCUT2D eigenvalue weighted by molar-refractivity contribution is 6.30. The molecule has 26 heavy (non-hydrogen) atoms. The molecule has 0 bridgehead atoms. The Kier molecular flexibility index (Phi) is 7.29. The van der Waals surface area contributed by atoms with Crippen LogP contribution in [0.25, 0.3) is 0 Å². The minimum atomic E-state index is -0.571. The Morgan fingerprint density at radius 3 is 2.31 bits per heavy atom. The summed E-state index contributed by atoms with van der Waals surface area (Å²) in [6.45, 7) is 4.09. The monoisotopic (exact) mass is 375 g/mol. The van der Waals surface area contributed by atoms with Crippen LogP contribution >= 0.6 is 11.6 Å². The lowest BCUT2D eigenvalue weighted by Crippen LogP contribution is -2.45. The van der Waals surface area contributed by atoms with Gasteiger partial charge in [0.25, 0.3) is 5.91 Å². The van der Waals surface area contributed by atoms with Crippen molar-refractivity contribution in [3.8, 4) is 5.75 Å². The second-order valence-corrected chi connectivity index (χ2v) is 6.24. The van der Waals surface area contributed by atoms with Crippen LogP contribution in [-0.4, -0.2) is 18.5 Å². The highest BCUT2D eigenvalue weighted by Gasteiger charge is 2.07. The topological polar surface area (TPSA) is 79.5 Å². The zero-order valence-corrected chi connectivity index (χ0v) is 15.5. The Bertz CT molecular complexity index is 733. The van der Waals surface area contributed by atoms with E-state index >= 15 is 0 Å². The van der Waals surface area contributed by atoms with Crippen LogP contribution in [0, 0.1) is 0 Å². The first-order valence-electron chi connectivity index (χ1n) is 8.32. The molecule has 0 aliphatic rings. The maximum Gasteiger partial charge on any atom is 0.337 e. The summed E-state index contributed by atoms with van der Waals surface area (Å²) in [6.07, 6.45) is 1.06. The van der Waals surface area contributed by atoms with Gasteiger partial charge in [-0.3, -0.25) is 10.2 Å². The number of nitrogens with one attached hydrogen (secondary N) is 3. The van der Waals surface area contributed by atoms with Gasteiger partial charge in [-0.25, -0.2) is 10.2 Å². The lowest BCUT2D eigenvalue weighted by atomic mass is 9.99. The van der Waals surface area contributed by atoms with Crippen molar-refractivity contribution in [2.24, 2.45) is 0 Å². The minimum Gasteiger partial charge on any atom is -0.484 e. The van der Waals surface area contributed by atoms with Gasteiger partial charge in [0.1, 0.15) is 5.75 Å². The summed E-state index contributed by atoms with van der Waals surface area (Å²) in [5, 5.41) is 3.12. The molecule has 1 atom stereocenters. The van der Waals surface area contributed by atoms with Crippen LogP contribution in [0.15, 0.2) is 48.5 Å². The van der Waals surface area contributed by atoms with Gasteiger partial charge in [-0.15, -0.1) is 0 Å². The first-order valence-corrected chi connectivity index (χ1v) is 8.70. The Morgan fingerprint density at radius 2 is 1.69 bits per heavy atom. The second kappa shape index (κ2) is 9.68. The molecular weight excluding hydrogens is 354 g/mol. The number of halogens is 1. The standard InChI is InChI=1S/C19H22ClN3O3/c1-3-13(2)14-4-10-17(11-5-14)26-12-18(24)22-23-19(25)21-16-8-6-15(20)7-9-16/h4-11,13H,3,12H2,1-2H3,(H,22,24)(H2,21,23,25). The molecular formula is C19H22ClN3O3. The first-order chi connectivity index (χ1) is 12.5. The summed E-state index contributed by atoms with van der Waals surface area (Å²) in [7, 11) is 0. The number of benzene rings is 2. The number of hydrazine groups is 1. The van der Waals surface area contributed by atoms with Crippen molar-refractivity contribution in [1.29, 1.82) is 0 Å². The quantitative estimate of drug-likeness (QED) is 0.665. The molecule has 0 aliphatic heterocycles. The summed E-state index contributed by atoms with van der Waals surface area (Å²) in [6, 6.07) is 13.7. The molecule has 0 radical (unpaired) electrons. The van der Waals surface area contributed by atoms with Crippen molar-refractivity contribution in [1.82, 2.24) is 10.9 Å². The molecule has 2 aromatic carbocycles. The van der Waals surface area contributed by atoms with Crippen LogP contribution in [-0.2, 0) is 4.79 Å². The van der Waals surface area contributed by atoms with Gasteiger partial charge in [-0.1, -0.05) is 37.6 Å². The van der Waals surface area contributed by atoms with Crippen LogP contribution in [0.4, 0.5) is 10.5 Å². The summed E-state index contributed by atoms with van der Waals surface area (Å²) < 4.78 is 5.40. The molecule has 0 spiro atoms. The average Bonchev–Trinajstić information content (AvgIpc) is 2.66. The fourth-order valence-electron chi connectivity index (χ4n) is 2.14. The van der Waals surface area contributed by atoms with E-state index in [0.717, 1.165) is 6.42 Å². The molecule has 0 fully saturated rings. The molecule has 2 aromatic rings. The first kappa shape index (κ1) is 19.6. The molecule has 138 valence electrons. The van der Waals surface area contributed by atoms with E-state index < -0.39 is 11.9 Å². The summed E-state index contributed by atoms with van der Waals surface area (Å²) in [5.74, 6) is 0.607. The van der Waals surface area contributed by atoms with Crippen LogP contribution in [0.5, 0.6) is 5.75 Å². The number of rotatable bonds is 6. The van der Waals surface area contributed by atoms with Crippen molar-refractivity contribution in [3.05, 3.63) is 59.1 Å². The second-order valence-electron chi connectivity index (χ2n) is 5.80. The number of hydrogen-bond donors (Lipinski definition) is 3. The Labute approximate surface area is 157 Å². The van der Waals surface area contributed by atoms with Gasteiger partial charge >= 0.3 is 6.03 Å². The predicted octanol–water partition coefficient (Wildman–Crippen LogP) is 4.09. The minimum absolute atomic E-state index is 0.204. The normalized spacial score (nSPS) is 11.3. The van der Waals surface area contributed by atoms with Crippen LogP contribution in [0.2, 0.25) is 5.02 Å². The third kappa shape index (κ3) is 6.29. The van der Waals surface area contributed by atoms with E-state index in [-0.39, 0.29) is 6.61 Å². The number of ether oxygens (including phenoxy) is 1. The fourth-order valence-corrected chi connectivity index (χ4v) is 2.26. The summed E-state index contributed by atoms with van der Waals surface area (Å²) >= 11 is 5.77. The maximum absolute atomic E-state index is 11.7. The Balaban J connectivity index is 1.71. The molecule has 0 aromatic heterocycles. The number of carbonyl (C=O) groups is 2. The van der Waals surface area contributed by atoms with E-state index in [2.05, 4.69) is 30.0 Å². The predicted molar refractivity (Wildman–Crippen MR) is 102 cm³/mol. The molecule has 0 saturated heterocycles. The Morgan fingerprint density at radius 1 is 1.04 bits per heavy atom. The summed E-state index contributed by atoms with van der Waals surface area (Å²) in [5.41, 5.74) is 6.30. The van der Waals surface area contributed by atoms with E-state index in [4.69, 9.17) is 16.3 Å². The van der Waals surface area contributed by atoms with Crippen LogP contribution < -0.4 is 20.9 Å². The highest BCUT2D eigenvalue weighted by atomic mass is 35.5. The largest absolute Gasteiger partial charge is 0.484 e. The molecule has 6 nitrogen and oxygen atoms in total. The fraction of sp³-hybridized carbons (Fsp3) is 0.263. The molecule has 3 N–H and O–H groups in total. The third-order valence-electron chi connectivity index (χ3n) is 3.85. The van der Waals surface area contributed by atoms with Gasteiger partial charge < -0.3 is 10.1 Å². The molecule has 0 aliphatic carbocycles. The van der Waals surface area contributed by atoms with Crippen molar-refractivity contribution in [2.75, 3.05) is 11.9 Å². The van der Waals surface area contributed by atoms with Crippen molar-refractivity contribution >= 4 is 29.2 Å². The van der Waals surface area contributed by atoms with E-state index in [1.807, 2.05) is 24.3 Å². The molecule has 7 heteroatoms. The number of hydrogen-bond acceptors (Lipinski definition) is 3. The van der Waals surface area contributed by atoms with E-state index in [1.54, 1.807) is 24.3 Å². The number of urea groups is 1. The van der Waals surface area contributed by atoms with E-state index in [1.165, 1.54) is 5.56 Å². The number of amides is 3. The van der Waals surface area contributed by atoms with Gasteiger partial charge in [0.05, 0.1) is 0 Å². The zero-order chi connectivity index (χ0) is 18.9. The van der Waals surface area contributed by atoms with Gasteiger partial charge in [0.2, 0.25) is 0 Å². The van der Waals surface area contributed by atoms with Crippen molar-refractivity contribution in [2.45, 2.75) is 26.2 Å². The molecule has 1 unspecified atom stereocenters. The average molecular weight is 376 g/mol. The lowest BCUT2D eigenvalue weighted by Gasteiger charge is -2.11. The van der Waals surface area contributed by atoms with Crippen molar-refractivity contribution in [3.63, 3.8) is 0 Å². The molecule has 0 saturated carbocycles. The molecule has 0 heterocycles. The Hall–Kier alpha value is -2.73. The number of carbonyl (C=O) groups excluding carboxylic acids is 2. The number of anilines is 1. The highest BCUT2D eigenvalue weighted by Crippen LogP contribution is 2.21. The SMILES string of the molecule is CCC(C)c1ccc(OCC(=O)NNC(=O)Nc2ccc(Cl)cc2)cc1. The van der Waals surface area contributed by atoms with Gasteiger partial charge in [0.15, 0.2) is 6.61 Å². The van der Waals surface area contributed by atoms with Crippen LogP contribution in [0.3, 0.4) is 0 Å². The van der Waals surface area contributed by atoms with Crippen LogP contribution in [0.1, 0.15) is 31.7 Å².